The highest BCUT2D eigenvalue weighted by molar-refractivity contribution is 6.53. The van der Waals surface area contributed by atoms with Crippen molar-refractivity contribution in [2.24, 2.45) is 0 Å². The number of hydrogen-bond donors (Lipinski definition) is 6. The number of rotatable bonds is 15. The van der Waals surface area contributed by atoms with E-state index in [-0.39, 0.29) is 11.3 Å². The van der Waals surface area contributed by atoms with E-state index in [1.807, 2.05) is 5.32 Å². The number of carboxylic acid groups (broad SMARTS) is 1. The quantitative estimate of drug-likeness (QED) is 0.0645. The molecule has 17 heteroatoms. The Bertz CT molecular complexity index is 991. The molecule has 0 aromatic heterocycles. The maximum Gasteiger partial charge on any atom is 0.322 e. The first-order valence-corrected chi connectivity index (χ1v) is 11.3. The Hall–Kier alpha value is -3.53. The van der Waals surface area contributed by atoms with Crippen molar-refractivity contribution in [1.82, 2.24) is 16.0 Å². The Labute approximate surface area is 219 Å². The Balaban J connectivity index is 2.70. The number of carbonyl (C=O) groups is 5. The summed E-state index contributed by atoms with van der Waals surface area (Å²) < 4.78 is 5.00. The standard InChI is InChI=1S/C20H24Cl2N4O11/c21-18(22)20(34)25-13(17(32)10-1-3-11(4-2-10)26(35)36)9-37-16(31)6-5-14(28)24-12(8-27)19(33)23-7-15(29)30/h1-4,12-13,17-18,27,32H,5-9H2,(H,23,33)(H,24,28)(H,25,34)(H,29,30)/t12-,13-,17-/m1/s1. The van der Waals surface area contributed by atoms with Gasteiger partial charge in [-0.1, -0.05) is 23.2 Å². The first-order valence-electron chi connectivity index (χ1n) is 10.4. The van der Waals surface area contributed by atoms with Gasteiger partial charge >= 0.3 is 11.9 Å². The number of carbonyl (C=O) groups excluding carboxylic acids is 4. The van der Waals surface area contributed by atoms with E-state index in [2.05, 4.69) is 10.6 Å². The second kappa shape index (κ2) is 15.6. The molecule has 0 unspecified atom stereocenters. The third kappa shape index (κ3) is 11.4. The molecule has 6 N–H and O–H groups in total. The van der Waals surface area contributed by atoms with Gasteiger partial charge in [0.15, 0.2) is 4.84 Å². The average Bonchev–Trinajstić information content (AvgIpc) is 2.86. The van der Waals surface area contributed by atoms with Gasteiger partial charge in [0, 0.05) is 18.6 Å². The summed E-state index contributed by atoms with van der Waals surface area (Å²) in [5, 5.41) is 45.5. The number of hydrogen-bond acceptors (Lipinski definition) is 10. The van der Waals surface area contributed by atoms with Crippen molar-refractivity contribution in [3.8, 4) is 0 Å². The van der Waals surface area contributed by atoms with Gasteiger partial charge in [-0.15, -0.1) is 0 Å². The summed E-state index contributed by atoms with van der Waals surface area (Å²) in [6.45, 7) is -2.15. The number of aliphatic carboxylic acids is 1. The van der Waals surface area contributed by atoms with Gasteiger partial charge in [-0.25, -0.2) is 0 Å². The molecule has 1 aromatic carbocycles. The van der Waals surface area contributed by atoms with Crippen LogP contribution in [-0.4, -0.2) is 86.6 Å². The molecule has 37 heavy (non-hydrogen) atoms. The molecule has 0 bridgehead atoms. The number of nitro groups is 1. The van der Waals surface area contributed by atoms with Crippen LogP contribution < -0.4 is 16.0 Å². The molecule has 0 spiro atoms. The monoisotopic (exact) mass is 566 g/mol. The molecule has 0 radical (unpaired) electrons. The highest BCUT2D eigenvalue weighted by Crippen LogP contribution is 2.21. The minimum Gasteiger partial charge on any atom is -0.480 e. The zero-order valence-corrected chi connectivity index (χ0v) is 20.5. The van der Waals surface area contributed by atoms with Gasteiger partial charge in [0.2, 0.25) is 11.8 Å². The number of halogens is 2. The fourth-order valence-corrected chi connectivity index (χ4v) is 2.83. The summed E-state index contributed by atoms with van der Waals surface area (Å²) in [6.07, 6.45) is -2.47. The van der Waals surface area contributed by atoms with Crippen LogP contribution in [0, 0.1) is 10.1 Å². The third-order valence-electron chi connectivity index (χ3n) is 4.58. The third-order valence-corrected chi connectivity index (χ3v) is 4.98. The van der Waals surface area contributed by atoms with Crippen LogP contribution in [0.1, 0.15) is 24.5 Å². The average molecular weight is 567 g/mol. The Morgan fingerprint density at radius 1 is 1.03 bits per heavy atom. The number of aliphatic hydroxyl groups excluding tert-OH is 2. The van der Waals surface area contributed by atoms with Crippen LogP contribution in [0.25, 0.3) is 0 Å². The molecule has 0 aliphatic carbocycles. The number of non-ortho nitro benzene ring substituents is 1. The normalized spacial score (nSPS) is 13.1. The number of amides is 3. The van der Waals surface area contributed by atoms with Crippen molar-refractivity contribution in [3.05, 3.63) is 39.9 Å². The molecule has 3 atom stereocenters. The molecular formula is C20H24Cl2N4O11. The summed E-state index contributed by atoms with van der Waals surface area (Å²) in [5.74, 6) is -4.96. The van der Waals surface area contributed by atoms with Crippen LogP contribution in [0.15, 0.2) is 24.3 Å². The van der Waals surface area contributed by atoms with Crippen molar-refractivity contribution < 1.29 is 49.0 Å². The van der Waals surface area contributed by atoms with E-state index < -0.39 is 90.2 Å². The van der Waals surface area contributed by atoms with Gasteiger partial charge in [-0.3, -0.25) is 34.1 Å². The van der Waals surface area contributed by atoms with Gasteiger partial charge in [0.25, 0.3) is 11.6 Å². The SMILES string of the molecule is O=C(O)CNC(=O)[C@@H](CO)NC(=O)CCC(=O)OC[C@@H](NC(=O)C(Cl)Cl)[C@H](O)c1ccc([N+](=O)[O-])cc1. The Kier molecular flexibility index (Phi) is 13.2. The summed E-state index contributed by atoms with van der Waals surface area (Å²) in [7, 11) is 0. The molecular weight excluding hydrogens is 543 g/mol. The zero-order valence-electron chi connectivity index (χ0n) is 19.0. The van der Waals surface area contributed by atoms with Crippen LogP contribution in [0.2, 0.25) is 0 Å². The van der Waals surface area contributed by atoms with Gasteiger partial charge in [0.1, 0.15) is 25.3 Å². The smallest absolute Gasteiger partial charge is 0.322 e. The number of ether oxygens (including phenoxy) is 1. The highest BCUT2D eigenvalue weighted by atomic mass is 35.5. The van der Waals surface area contributed by atoms with Gasteiger partial charge in [-0.05, 0) is 17.7 Å². The van der Waals surface area contributed by atoms with Crippen LogP contribution in [0.3, 0.4) is 0 Å². The maximum atomic E-state index is 12.1. The molecule has 0 aliphatic heterocycles. The second-order valence-corrected chi connectivity index (χ2v) is 8.40. The largest absolute Gasteiger partial charge is 0.480 e. The molecule has 1 rings (SSSR count). The van der Waals surface area contributed by atoms with Crippen LogP contribution in [0.5, 0.6) is 0 Å². The number of carboxylic acids is 1. The van der Waals surface area contributed by atoms with Crippen molar-refractivity contribution >= 4 is 58.5 Å². The van der Waals surface area contributed by atoms with Crippen molar-refractivity contribution in [1.29, 1.82) is 0 Å². The summed E-state index contributed by atoms with van der Waals surface area (Å²) in [6, 6.07) is 1.99. The molecule has 0 saturated carbocycles. The van der Waals surface area contributed by atoms with Gasteiger partial charge < -0.3 is 36.0 Å². The lowest BCUT2D eigenvalue weighted by Crippen LogP contribution is -2.49. The highest BCUT2D eigenvalue weighted by Gasteiger charge is 2.27. The minimum atomic E-state index is -1.52. The van der Waals surface area contributed by atoms with Crippen molar-refractivity contribution in [2.75, 3.05) is 19.8 Å². The predicted octanol–water partition coefficient (Wildman–Crippen LogP) is -1.08. The Morgan fingerprint density at radius 3 is 2.16 bits per heavy atom. The van der Waals surface area contributed by atoms with E-state index in [0.29, 0.717) is 0 Å². The molecule has 0 heterocycles. The van der Waals surface area contributed by atoms with E-state index >= 15 is 0 Å². The van der Waals surface area contributed by atoms with E-state index in [1.165, 1.54) is 12.1 Å². The lowest BCUT2D eigenvalue weighted by atomic mass is 10.0. The second-order valence-electron chi connectivity index (χ2n) is 7.31. The van der Waals surface area contributed by atoms with Crippen molar-refractivity contribution in [2.45, 2.75) is 35.9 Å². The number of alkyl halides is 2. The molecule has 1 aromatic rings. The van der Waals surface area contributed by atoms with Crippen molar-refractivity contribution in [3.63, 3.8) is 0 Å². The summed E-state index contributed by atoms with van der Waals surface area (Å²) in [4.78, 5) is 66.9. The van der Waals surface area contributed by atoms with Crippen LogP contribution in [0.4, 0.5) is 5.69 Å². The topological polar surface area (TPSA) is 234 Å². The van der Waals surface area contributed by atoms with E-state index in [1.54, 1.807) is 0 Å². The number of aliphatic hydroxyl groups is 2. The molecule has 0 saturated heterocycles. The van der Waals surface area contributed by atoms with Gasteiger partial charge in [-0.2, -0.15) is 0 Å². The zero-order chi connectivity index (χ0) is 28.1. The fraction of sp³-hybridized carbons (Fsp3) is 0.450. The number of nitrogens with one attached hydrogen (secondary N) is 3. The summed E-state index contributed by atoms with van der Waals surface area (Å²) in [5.41, 5.74) is -0.103. The minimum absolute atomic E-state index is 0.142. The summed E-state index contributed by atoms with van der Waals surface area (Å²) >= 11 is 11.0. The van der Waals surface area contributed by atoms with Crippen LogP contribution >= 0.6 is 23.2 Å². The number of benzene rings is 1. The first-order chi connectivity index (χ1) is 17.3. The number of nitrogens with zero attached hydrogens (tertiary/aromatic N) is 1. The molecule has 204 valence electrons. The van der Waals surface area contributed by atoms with E-state index in [9.17, 15) is 44.3 Å². The number of nitro benzene ring substituents is 1. The van der Waals surface area contributed by atoms with E-state index in [4.69, 9.17) is 33.0 Å². The maximum absolute atomic E-state index is 12.1. The lowest BCUT2D eigenvalue weighted by molar-refractivity contribution is -0.384. The fourth-order valence-electron chi connectivity index (χ4n) is 2.70. The predicted molar refractivity (Wildman–Crippen MR) is 125 cm³/mol. The van der Waals surface area contributed by atoms with E-state index in [0.717, 1.165) is 12.1 Å². The Morgan fingerprint density at radius 2 is 1.65 bits per heavy atom. The molecule has 3 amide bonds. The lowest BCUT2D eigenvalue weighted by Gasteiger charge is -2.24. The molecule has 0 aliphatic rings. The molecule has 15 nitrogen and oxygen atoms in total. The van der Waals surface area contributed by atoms with Crippen LogP contribution in [-0.2, 0) is 28.7 Å². The molecule has 0 fully saturated rings. The first kappa shape index (κ1) is 31.5. The van der Waals surface area contributed by atoms with Gasteiger partial charge in [0.05, 0.1) is 24.0 Å². The number of esters is 1.